The Kier molecular flexibility index (Phi) is 3.92. The highest BCUT2D eigenvalue weighted by atomic mass is 32.2. The van der Waals surface area contributed by atoms with Gasteiger partial charge in [-0.1, -0.05) is 11.8 Å². The van der Waals surface area contributed by atoms with Gasteiger partial charge in [-0.3, -0.25) is 9.89 Å². The normalized spacial score (nSPS) is 10.6. The Hall–Kier alpha value is -2.61. The minimum atomic E-state index is -0.238. The van der Waals surface area contributed by atoms with Gasteiger partial charge in [0, 0.05) is 24.3 Å². The van der Waals surface area contributed by atoms with E-state index in [9.17, 15) is 4.79 Å². The van der Waals surface area contributed by atoms with Crippen LogP contribution in [0.3, 0.4) is 0 Å². The van der Waals surface area contributed by atoms with Crippen molar-refractivity contribution >= 4 is 40.1 Å². The van der Waals surface area contributed by atoms with Gasteiger partial charge in [0.05, 0.1) is 11.7 Å². The Morgan fingerprint density at radius 3 is 2.95 bits per heavy atom. The minimum absolute atomic E-state index is 0.238. The van der Waals surface area contributed by atoms with E-state index in [1.54, 1.807) is 13.2 Å². The van der Waals surface area contributed by atoms with Crippen LogP contribution in [0.2, 0.25) is 0 Å². The molecule has 2 aromatic heterocycles. The number of carbonyl (C=O) groups excluding carboxylic acids is 1. The first-order valence-corrected chi connectivity index (χ1v) is 7.77. The maximum Gasteiger partial charge on any atom is 0.256 e. The molecule has 0 saturated carbocycles. The zero-order valence-electron chi connectivity index (χ0n) is 12.0. The van der Waals surface area contributed by atoms with E-state index < -0.39 is 0 Å². The zero-order chi connectivity index (χ0) is 15.5. The number of carbonyl (C=O) groups is 1. The summed E-state index contributed by atoms with van der Waals surface area (Å²) < 4.78 is 0. The number of aromatic nitrogens is 4. The first kappa shape index (κ1) is 14.3. The summed E-state index contributed by atoms with van der Waals surface area (Å²) >= 11 is 1.42. The molecule has 0 spiro atoms. The Bertz CT molecular complexity index is 831. The molecule has 7 nitrogen and oxygen atoms in total. The van der Waals surface area contributed by atoms with E-state index in [0.717, 1.165) is 16.6 Å². The molecule has 0 aliphatic carbocycles. The van der Waals surface area contributed by atoms with Crippen LogP contribution < -0.4 is 10.6 Å². The molecule has 0 atom stereocenters. The number of benzene rings is 1. The molecule has 0 saturated heterocycles. The standard InChI is InChI=1S/C14H14N6OS/c1-15-13(21)10-7-16-14(22-2)19-12(10)18-9-4-3-8-6-17-20-11(8)5-9/h3-7H,1-2H3,(H,15,21)(H,17,20)(H,16,18,19). The second kappa shape index (κ2) is 6.02. The SMILES string of the molecule is CNC(=O)c1cnc(SC)nc1Nc1ccc2cn[nH]c2c1. The monoisotopic (exact) mass is 314 g/mol. The first-order valence-electron chi connectivity index (χ1n) is 6.54. The molecule has 3 N–H and O–H groups in total. The average Bonchev–Trinajstić information content (AvgIpc) is 3.01. The number of H-pyrrole nitrogens is 1. The van der Waals surface area contributed by atoms with Crippen molar-refractivity contribution in [1.82, 2.24) is 25.5 Å². The van der Waals surface area contributed by atoms with Crippen LogP contribution in [0.15, 0.2) is 35.7 Å². The van der Waals surface area contributed by atoms with Crippen LogP contribution in [-0.2, 0) is 0 Å². The minimum Gasteiger partial charge on any atom is -0.355 e. The fraction of sp³-hybridized carbons (Fsp3) is 0.143. The molecule has 1 aromatic carbocycles. The lowest BCUT2D eigenvalue weighted by atomic mass is 10.2. The number of amides is 1. The lowest BCUT2D eigenvalue weighted by molar-refractivity contribution is 0.0963. The highest BCUT2D eigenvalue weighted by Gasteiger charge is 2.14. The van der Waals surface area contributed by atoms with Crippen LogP contribution in [-0.4, -0.2) is 39.4 Å². The van der Waals surface area contributed by atoms with Gasteiger partial charge in [0.1, 0.15) is 11.4 Å². The molecule has 3 rings (SSSR count). The number of thioether (sulfide) groups is 1. The van der Waals surface area contributed by atoms with Gasteiger partial charge in [0.25, 0.3) is 5.91 Å². The topological polar surface area (TPSA) is 95.6 Å². The molecular formula is C14H14N6OS. The predicted molar refractivity (Wildman–Crippen MR) is 86.6 cm³/mol. The summed E-state index contributed by atoms with van der Waals surface area (Å²) in [6, 6.07) is 5.76. The van der Waals surface area contributed by atoms with E-state index in [1.165, 1.54) is 18.0 Å². The zero-order valence-corrected chi connectivity index (χ0v) is 12.9. The molecule has 0 fully saturated rings. The third-order valence-corrected chi connectivity index (χ3v) is 3.69. The summed E-state index contributed by atoms with van der Waals surface area (Å²) in [5.74, 6) is 0.232. The third kappa shape index (κ3) is 2.73. The number of anilines is 2. The molecule has 0 bridgehead atoms. The molecule has 1 amide bonds. The number of aromatic amines is 1. The van der Waals surface area contributed by atoms with Crippen molar-refractivity contribution in [2.75, 3.05) is 18.6 Å². The summed E-state index contributed by atoms with van der Waals surface area (Å²) in [5.41, 5.74) is 2.11. The van der Waals surface area contributed by atoms with Crippen molar-refractivity contribution in [2.24, 2.45) is 0 Å². The van der Waals surface area contributed by atoms with Gasteiger partial charge in [-0.2, -0.15) is 5.10 Å². The van der Waals surface area contributed by atoms with Crippen LogP contribution in [0, 0.1) is 0 Å². The summed E-state index contributed by atoms with van der Waals surface area (Å²) in [7, 11) is 1.57. The van der Waals surface area contributed by atoms with Crippen LogP contribution in [0.5, 0.6) is 0 Å². The van der Waals surface area contributed by atoms with E-state index in [2.05, 4.69) is 30.8 Å². The van der Waals surface area contributed by atoms with Crippen LogP contribution in [0.1, 0.15) is 10.4 Å². The number of rotatable bonds is 4. The van der Waals surface area contributed by atoms with E-state index >= 15 is 0 Å². The molecule has 0 aliphatic rings. The van der Waals surface area contributed by atoms with Crippen molar-refractivity contribution < 1.29 is 4.79 Å². The Labute approximate surface area is 130 Å². The average molecular weight is 314 g/mol. The van der Waals surface area contributed by atoms with Gasteiger partial charge >= 0.3 is 0 Å². The number of hydrogen-bond donors (Lipinski definition) is 3. The van der Waals surface area contributed by atoms with Gasteiger partial charge in [0.15, 0.2) is 5.16 Å². The van der Waals surface area contributed by atoms with Gasteiger partial charge < -0.3 is 10.6 Å². The fourth-order valence-corrected chi connectivity index (χ4v) is 2.35. The Morgan fingerprint density at radius 1 is 1.32 bits per heavy atom. The lowest BCUT2D eigenvalue weighted by Crippen LogP contribution is -2.20. The van der Waals surface area contributed by atoms with Crippen LogP contribution >= 0.6 is 11.8 Å². The van der Waals surface area contributed by atoms with E-state index in [1.807, 2.05) is 24.5 Å². The maximum absolute atomic E-state index is 11.9. The first-order chi connectivity index (χ1) is 10.7. The van der Waals surface area contributed by atoms with E-state index in [4.69, 9.17) is 0 Å². The largest absolute Gasteiger partial charge is 0.355 e. The molecule has 0 aliphatic heterocycles. The summed E-state index contributed by atoms with van der Waals surface area (Å²) in [5, 5.41) is 14.3. The lowest BCUT2D eigenvalue weighted by Gasteiger charge is -2.11. The highest BCUT2D eigenvalue weighted by Crippen LogP contribution is 2.23. The smallest absolute Gasteiger partial charge is 0.256 e. The molecule has 0 radical (unpaired) electrons. The van der Waals surface area contributed by atoms with Gasteiger partial charge in [-0.25, -0.2) is 9.97 Å². The van der Waals surface area contributed by atoms with Crippen molar-refractivity contribution in [3.05, 3.63) is 36.2 Å². The number of fused-ring (bicyclic) bond motifs is 1. The summed E-state index contributed by atoms with van der Waals surface area (Å²) in [6.45, 7) is 0. The molecule has 8 heteroatoms. The number of nitrogens with zero attached hydrogens (tertiary/aromatic N) is 3. The van der Waals surface area contributed by atoms with E-state index in [0.29, 0.717) is 16.5 Å². The van der Waals surface area contributed by atoms with Gasteiger partial charge in [0.2, 0.25) is 0 Å². The maximum atomic E-state index is 11.9. The molecule has 2 heterocycles. The third-order valence-electron chi connectivity index (χ3n) is 3.13. The molecule has 112 valence electrons. The van der Waals surface area contributed by atoms with Crippen molar-refractivity contribution in [3.8, 4) is 0 Å². The van der Waals surface area contributed by atoms with Crippen molar-refractivity contribution in [1.29, 1.82) is 0 Å². The second-order valence-electron chi connectivity index (χ2n) is 4.50. The number of hydrogen-bond acceptors (Lipinski definition) is 6. The molecular weight excluding hydrogens is 300 g/mol. The molecule has 22 heavy (non-hydrogen) atoms. The van der Waals surface area contributed by atoms with Gasteiger partial charge in [-0.15, -0.1) is 0 Å². The molecule has 0 unspecified atom stereocenters. The molecule has 3 aromatic rings. The Balaban J connectivity index is 2.00. The summed E-state index contributed by atoms with van der Waals surface area (Å²) in [6.07, 6.45) is 5.16. The van der Waals surface area contributed by atoms with Crippen molar-refractivity contribution in [3.63, 3.8) is 0 Å². The number of nitrogens with one attached hydrogen (secondary N) is 3. The van der Waals surface area contributed by atoms with Crippen LogP contribution in [0.25, 0.3) is 10.9 Å². The van der Waals surface area contributed by atoms with Crippen molar-refractivity contribution in [2.45, 2.75) is 5.16 Å². The fourth-order valence-electron chi connectivity index (χ4n) is 2.01. The van der Waals surface area contributed by atoms with Crippen LogP contribution in [0.4, 0.5) is 11.5 Å². The predicted octanol–water partition coefficient (Wildman–Crippen LogP) is 2.18. The quantitative estimate of drug-likeness (QED) is 0.504. The van der Waals surface area contributed by atoms with Gasteiger partial charge in [-0.05, 0) is 24.5 Å². The summed E-state index contributed by atoms with van der Waals surface area (Å²) in [4.78, 5) is 20.5. The highest BCUT2D eigenvalue weighted by molar-refractivity contribution is 7.98. The Morgan fingerprint density at radius 2 is 2.18 bits per heavy atom. The van der Waals surface area contributed by atoms with E-state index in [-0.39, 0.29) is 5.91 Å². The second-order valence-corrected chi connectivity index (χ2v) is 5.27.